The summed E-state index contributed by atoms with van der Waals surface area (Å²) < 4.78 is 23.3. The van der Waals surface area contributed by atoms with Crippen LogP contribution in [0.4, 0.5) is 9.52 Å². The lowest BCUT2D eigenvalue weighted by molar-refractivity contribution is -0.119. The van der Waals surface area contributed by atoms with Crippen molar-refractivity contribution in [2.45, 2.75) is 4.90 Å². The minimum atomic E-state index is -0.657. The van der Waals surface area contributed by atoms with Crippen molar-refractivity contribution in [2.24, 2.45) is 0 Å². The summed E-state index contributed by atoms with van der Waals surface area (Å²) in [6.07, 6.45) is 1.91. The van der Waals surface area contributed by atoms with Gasteiger partial charge >= 0.3 is 5.97 Å². The number of thiazole rings is 1. The van der Waals surface area contributed by atoms with Crippen molar-refractivity contribution < 1.29 is 23.5 Å². The van der Waals surface area contributed by atoms with Crippen molar-refractivity contribution >= 4 is 40.1 Å². The van der Waals surface area contributed by atoms with E-state index in [1.807, 2.05) is 6.26 Å². The fourth-order valence-corrected chi connectivity index (χ4v) is 3.58. The number of amides is 1. The Morgan fingerprint density at radius 1 is 1.21 bits per heavy atom. The molecule has 0 aliphatic carbocycles. The molecule has 6 nitrogen and oxygen atoms in total. The Morgan fingerprint density at radius 3 is 2.66 bits per heavy atom. The lowest BCUT2D eigenvalue weighted by Crippen LogP contribution is -2.21. The summed E-state index contributed by atoms with van der Waals surface area (Å²) in [4.78, 5) is 29.6. The van der Waals surface area contributed by atoms with Crippen LogP contribution in [-0.2, 0) is 9.53 Å². The minimum absolute atomic E-state index is 0.242. The number of ether oxygens (including phenoxy) is 2. The van der Waals surface area contributed by atoms with Crippen LogP contribution in [-0.4, -0.2) is 36.8 Å². The molecule has 29 heavy (non-hydrogen) atoms. The molecule has 0 saturated carbocycles. The van der Waals surface area contributed by atoms with Crippen molar-refractivity contribution in [1.29, 1.82) is 0 Å². The van der Waals surface area contributed by atoms with E-state index >= 15 is 0 Å². The van der Waals surface area contributed by atoms with Crippen LogP contribution in [0.25, 0.3) is 11.3 Å². The second-order valence-corrected chi connectivity index (χ2v) is 7.47. The standard InChI is InChI=1S/C20H17FN2O4S2/c1-26-17-9-14(28-2)7-8-15(17)19(25)27-10-18(24)23-20-22-16(11-29-20)12-3-5-13(21)6-4-12/h3-9,11H,10H2,1-2H3,(H,22,23,24). The zero-order valence-electron chi connectivity index (χ0n) is 15.6. The highest BCUT2D eigenvalue weighted by atomic mass is 32.2. The third-order valence-corrected chi connectivity index (χ3v) is 5.34. The molecule has 1 amide bonds. The first-order valence-electron chi connectivity index (χ1n) is 8.40. The normalized spacial score (nSPS) is 10.4. The second kappa shape index (κ2) is 9.53. The Kier molecular flexibility index (Phi) is 6.84. The zero-order valence-corrected chi connectivity index (χ0v) is 17.2. The number of benzene rings is 2. The highest BCUT2D eigenvalue weighted by molar-refractivity contribution is 7.98. The van der Waals surface area contributed by atoms with Gasteiger partial charge in [0.15, 0.2) is 11.7 Å². The van der Waals surface area contributed by atoms with Gasteiger partial charge in [-0.3, -0.25) is 10.1 Å². The van der Waals surface area contributed by atoms with E-state index in [4.69, 9.17) is 9.47 Å². The number of carbonyl (C=O) groups is 2. The molecule has 0 unspecified atom stereocenters. The molecule has 0 aliphatic heterocycles. The SMILES string of the molecule is COc1cc(SC)ccc1C(=O)OCC(=O)Nc1nc(-c2ccc(F)cc2)cs1. The number of methoxy groups -OCH3 is 1. The maximum atomic E-state index is 13.0. The summed E-state index contributed by atoms with van der Waals surface area (Å²) >= 11 is 2.74. The number of nitrogens with one attached hydrogen (secondary N) is 1. The van der Waals surface area contributed by atoms with E-state index in [1.54, 1.807) is 35.7 Å². The highest BCUT2D eigenvalue weighted by Gasteiger charge is 2.16. The lowest BCUT2D eigenvalue weighted by Gasteiger charge is -2.09. The van der Waals surface area contributed by atoms with Gasteiger partial charge in [0.05, 0.1) is 12.8 Å². The molecule has 0 atom stereocenters. The van der Waals surface area contributed by atoms with Gasteiger partial charge in [-0.15, -0.1) is 23.1 Å². The van der Waals surface area contributed by atoms with Crippen molar-refractivity contribution in [2.75, 3.05) is 25.3 Å². The first-order chi connectivity index (χ1) is 14.0. The molecular formula is C20H17FN2O4S2. The fraction of sp³-hybridized carbons (Fsp3) is 0.150. The van der Waals surface area contributed by atoms with Crippen LogP contribution in [0.1, 0.15) is 10.4 Å². The van der Waals surface area contributed by atoms with E-state index < -0.39 is 18.5 Å². The number of rotatable bonds is 7. The van der Waals surface area contributed by atoms with E-state index in [-0.39, 0.29) is 11.4 Å². The molecule has 3 aromatic rings. The topological polar surface area (TPSA) is 77.5 Å². The van der Waals surface area contributed by atoms with Gasteiger partial charge in [-0.05, 0) is 48.7 Å². The third kappa shape index (κ3) is 5.33. The largest absolute Gasteiger partial charge is 0.496 e. The van der Waals surface area contributed by atoms with E-state index in [1.165, 1.54) is 42.3 Å². The molecule has 2 aromatic carbocycles. The van der Waals surface area contributed by atoms with Crippen molar-refractivity contribution in [1.82, 2.24) is 4.98 Å². The van der Waals surface area contributed by atoms with Gasteiger partial charge in [-0.25, -0.2) is 14.2 Å². The highest BCUT2D eigenvalue weighted by Crippen LogP contribution is 2.26. The summed E-state index contributed by atoms with van der Waals surface area (Å²) in [6.45, 7) is -0.461. The minimum Gasteiger partial charge on any atom is -0.496 e. The Morgan fingerprint density at radius 2 is 1.97 bits per heavy atom. The molecule has 150 valence electrons. The summed E-state index contributed by atoms with van der Waals surface area (Å²) in [5.74, 6) is -1.13. The molecule has 0 fully saturated rings. The number of esters is 1. The zero-order chi connectivity index (χ0) is 20.8. The molecular weight excluding hydrogens is 415 g/mol. The summed E-state index contributed by atoms with van der Waals surface area (Å²) in [6, 6.07) is 11.0. The Labute approximate surface area is 175 Å². The van der Waals surface area contributed by atoms with Crippen molar-refractivity contribution in [3.63, 3.8) is 0 Å². The molecule has 0 bridgehead atoms. The molecule has 9 heteroatoms. The number of halogens is 1. The smallest absolute Gasteiger partial charge is 0.342 e. The molecule has 3 rings (SSSR count). The van der Waals surface area contributed by atoms with Crippen LogP contribution < -0.4 is 10.1 Å². The number of aromatic nitrogens is 1. The molecule has 0 spiro atoms. The van der Waals surface area contributed by atoms with E-state index in [2.05, 4.69) is 10.3 Å². The molecule has 0 saturated heterocycles. The number of hydrogen-bond acceptors (Lipinski definition) is 7. The fourth-order valence-electron chi connectivity index (χ4n) is 2.42. The van der Waals surface area contributed by atoms with Gasteiger partial charge in [-0.1, -0.05) is 0 Å². The first kappa shape index (κ1) is 20.8. The Balaban J connectivity index is 1.58. The van der Waals surface area contributed by atoms with E-state index in [0.717, 1.165) is 10.5 Å². The summed E-state index contributed by atoms with van der Waals surface area (Å²) in [7, 11) is 1.46. The molecule has 1 N–H and O–H groups in total. The van der Waals surface area contributed by atoms with Crippen molar-refractivity contribution in [3.8, 4) is 17.0 Å². The average molecular weight is 432 g/mol. The van der Waals surface area contributed by atoms with Gasteiger partial charge in [0.25, 0.3) is 5.91 Å². The van der Waals surface area contributed by atoms with Gasteiger partial charge in [0.1, 0.15) is 17.1 Å². The Bertz CT molecular complexity index is 1020. The van der Waals surface area contributed by atoms with Crippen LogP contribution in [0.15, 0.2) is 52.7 Å². The number of thioether (sulfide) groups is 1. The maximum absolute atomic E-state index is 13.0. The van der Waals surface area contributed by atoms with Crippen LogP contribution in [0.2, 0.25) is 0 Å². The van der Waals surface area contributed by atoms with Gasteiger partial charge in [-0.2, -0.15) is 0 Å². The lowest BCUT2D eigenvalue weighted by atomic mass is 10.2. The predicted molar refractivity (Wildman–Crippen MR) is 111 cm³/mol. The van der Waals surface area contributed by atoms with Crippen LogP contribution >= 0.6 is 23.1 Å². The predicted octanol–water partition coefficient (Wildman–Crippen LogP) is 4.48. The van der Waals surface area contributed by atoms with Gasteiger partial charge < -0.3 is 9.47 Å². The van der Waals surface area contributed by atoms with Crippen molar-refractivity contribution in [3.05, 3.63) is 59.2 Å². The molecule has 1 heterocycles. The summed E-state index contributed by atoms with van der Waals surface area (Å²) in [5, 5.41) is 4.68. The molecule has 0 aliphatic rings. The molecule has 1 aromatic heterocycles. The Hall–Kier alpha value is -2.91. The second-order valence-electron chi connectivity index (χ2n) is 5.74. The van der Waals surface area contributed by atoms with Crippen LogP contribution in [0.3, 0.4) is 0 Å². The average Bonchev–Trinajstić information content (AvgIpc) is 3.20. The van der Waals surface area contributed by atoms with Crippen LogP contribution in [0, 0.1) is 5.82 Å². The van der Waals surface area contributed by atoms with E-state index in [0.29, 0.717) is 16.6 Å². The summed E-state index contributed by atoms with van der Waals surface area (Å²) in [5.41, 5.74) is 1.59. The van der Waals surface area contributed by atoms with E-state index in [9.17, 15) is 14.0 Å². The number of carbonyl (C=O) groups excluding carboxylic acids is 2. The quantitative estimate of drug-likeness (QED) is 0.438. The number of nitrogens with zero attached hydrogens (tertiary/aromatic N) is 1. The molecule has 0 radical (unpaired) electrons. The van der Waals surface area contributed by atoms with Gasteiger partial charge in [0.2, 0.25) is 0 Å². The van der Waals surface area contributed by atoms with Crippen LogP contribution in [0.5, 0.6) is 5.75 Å². The monoisotopic (exact) mass is 432 g/mol. The van der Waals surface area contributed by atoms with Gasteiger partial charge in [0, 0.05) is 15.8 Å². The number of hydrogen-bond donors (Lipinski definition) is 1. The first-order valence-corrected chi connectivity index (χ1v) is 10.5. The number of anilines is 1. The maximum Gasteiger partial charge on any atom is 0.342 e. The third-order valence-electron chi connectivity index (χ3n) is 3.85.